The van der Waals surface area contributed by atoms with Gasteiger partial charge in [-0.15, -0.1) is 0 Å². The minimum Gasteiger partial charge on any atom is -0.871 e. The number of hydrogen-bond donors (Lipinski definition) is 0. The second-order valence-corrected chi connectivity index (χ2v) is 1.21. The fourth-order valence-electron chi connectivity index (χ4n) is 0.163. The predicted octanol–water partition coefficient (Wildman–Crippen LogP) is -2.11. The smallest absolute Gasteiger partial charge is 0.871 e. The van der Waals surface area contributed by atoms with E-state index in [2.05, 4.69) is 4.65 Å². The van der Waals surface area contributed by atoms with Crippen LogP contribution >= 0.6 is 0 Å². The molecule has 0 aromatic carbocycles. The van der Waals surface area contributed by atoms with Crippen LogP contribution in [0.3, 0.4) is 0 Å². The van der Waals surface area contributed by atoms with Gasteiger partial charge in [0.1, 0.15) is 6.61 Å². The fraction of sp³-hybridized carbons (Fsp3) is 1.00. The molecule has 0 atom stereocenters. The first-order valence-electron chi connectivity index (χ1n) is 1.92. The summed E-state index contributed by atoms with van der Waals surface area (Å²) in [5.41, 5.74) is 0. The first-order valence-corrected chi connectivity index (χ1v) is 1.92. The largest absolute Gasteiger partial charge is 2.00 e. The molecule has 0 aliphatic heterocycles. The van der Waals surface area contributed by atoms with Crippen molar-refractivity contribution >= 4 is 30.4 Å². The van der Waals surface area contributed by atoms with Gasteiger partial charge in [0.2, 0.25) is 0 Å². The molecular weight excluding hydrogens is 164 g/mol. The molecule has 0 unspecified atom stereocenters. The average molecular weight is 166 g/mol. The molecule has 0 aromatic heterocycles. The maximum Gasteiger partial charge on any atom is 2.00 e. The van der Waals surface area contributed by atoms with Crippen LogP contribution in [0.1, 0.15) is 0 Å². The molecule has 3 nitrogen and oxygen atoms in total. The summed E-state index contributed by atoms with van der Waals surface area (Å²) in [5.74, 6) is 0. The Hall–Kier alpha value is 0.501. The van der Waals surface area contributed by atoms with Gasteiger partial charge in [-0.05, 0) is 0 Å². The average Bonchev–Trinajstić information content (AvgIpc) is 1.59. The van der Waals surface area contributed by atoms with Gasteiger partial charge in [-0.25, -0.2) is 0 Å². The van der Waals surface area contributed by atoms with E-state index in [-0.39, 0.29) is 23.1 Å². The molecular formula is C2H2BF3MgO3. The van der Waals surface area contributed by atoms with Crippen molar-refractivity contribution < 1.29 is 27.9 Å². The Labute approximate surface area is 71.5 Å². The van der Waals surface area contributed by atoms with Crippen LogP contribution in [0.25, 0.3) is 0 Å². The van der Waals surface area contributed by atoms with Crippen LogP contribution in [-0.2, 0) is 4.65 Å². The number of halogens is 3. The van der Waals surface area contributed by atoms with E-state index in [9.17, 15) is 23.2 Å². The molecule has 0 rings (SSSR count). The van der Waals surface area contributed by atoms with Crippen molar-refractivity contribution in [2.75, 3.05) is 6.61 Å². The molecule has 54 valence electrons. The van der Waals surface area contributed by atoms with Crippen molar-refractivity contribution in [2.24, 2.45) is 0 Å². The molecule has 0 aliphatic rings. The van der Waals surface area contributed by atoms with Crippen LogP contribution < -0.4 is 10.0 Å². The quantitative estimate of drug-likeness (QED) is 0.441. The van der Waals surface area contributed by atoms with E-state index in [0.29, 0.717) is 0 Å². The van der Waals surface area contributed by atoms with E-state index >= 15 is 0 Å². The van der Waals surface area contributed by atoms with Crippen molar-refractivity contribution in [3.05, 3.63) is 0 Å². The topological polar surface area (TPSA) is 55.3 Å². The fourth-order valence-corrected chi connectivity index (χ4v) is 0.163. The molecule has 0 radical (unpaired) electrons. The van der Waals surface area contributed by atoms with E-state index in [4.69, 9.17) is 0 Å². The van der Waals surface area contributed by atoms with Crippen molar-refractivity contribution in [2.45, 2.75) is 6.18 Å². The summed E-state index contributed by atoms with van der Waals surface area (Å²) in [6, 6.07) is 0. The molecule has 10 heavy (non-hydrogen) atoms. The Morgan fingerprint density at radius 1 is 1.30 bits per heavy atom. The Bertz CT molecular complexity index is 86.3. The van der Waals surface area contributed by atoms with Gasteiger partial charge in [-0.1, -0.05) is 0 Å². The maximum absolute atomic E-state index is 11.0. The standard InChI is InChI=1S/C2H2BF3O3.Mg/c4-2(5,6)1-9-3(7)8;/h1H2;/q-2;+2. The monoisotopic (exact) mass is 166 g/mol. The van der Waals surface area contributed by atoms with Gasteiger partial charge in [0, 0.05) is 0 Å². The van der Waals surface area contributed by atoms with Gasteiger partial charge in [-0.3, -0.25) is 0 Å². The molecule has 0 N–H and O–H groups in total. The van der Waals surface area contributed by atoms with Crippen LogP contribution in [-0.4, -0.2) is 43.2 Å². The van der Waals surface area contributed by atoms with E-state index in [0.717, 1.165) is 0 Å². The minimum atomic E-state index is -4.59. The second-order valence-electron chi connectivity index (χ2n) is 1.21. The van der Waals surface area contributed by atoms with Gasteiger partial charge in [0.15, 0.2) is 0 Å². The third kappa shape index (κ3) is 11.3. The van der Waals surface area contributed by atoms with Crippen molar-refractivity contribution in [3.63, 3.8) is 0 Å². The summed E-state index contributed by atoms with van der Waals surface area (Å²) in [7, 11) is -2.85. The summed E-state index contributed by atoms with van der Waals surface area (Å²) in [4.78, 5) is 0. The normalized spacial score (nSPS) is 10.5. The van der Waals surface area contributed by atoms with Gasteiger partial charge in [0.25, 0.3) is 0 Å². The Kier molecular flexibility index (Phi) is 6.81. The van der Waals surface area contributed by atoms with Crippen LogP contribution in [0, 0.1) is 0 Å². The van der Waals surface area contributed by atoms with Gasteiger partial charge in [-0.2, -0.15) is 13.2 Å². The maximum atomic E-state index is 11.0. The summed E-state index contributed by atoms with van der Waals surface area (Å²) >= 11 is 0. The molecule has 0 fully saturated rings. The molecule has 8 heteroatoms. The van der Waals surface area contributed by atoms with Gasteiger partial charge < -0.3 is 14.7 Å². The Morgan fingerprint density at radius 2 is 1.70 bits per heavy atom. The molecule has 0 heterocycles. The molecule has 0 saturated carbocycles. The Balaban J connectivity index is 0. The molecule has 0 aliphatic carbocycles. The summed E-state index contributed by atoms with van der Waals surface area (Å²) in [5, 5.41) is 18.6. The van der Waals surface area contributed by atoms with E-state index < -0.39 is 20.1 Å². The third-order valence-corrected chi connectivity index (χ3v) is 0.383. The molecule has 0 bridgehead atoms. The van der Waals surface area contributed by atoms with Gasteiger partial charge >= 0.3 is 29.2 Å². The molecule has 0 aromatic rings. The number of hydrogen-bond acceptors (Lipinski definition) is 3. The first kappa shape index (κ1) is 13.1. The SMILES string of the molecule is [Mg+2].[O-]B([O-])OCC(F)(F)F. The van der Waals surface area contributed by atoms with Crippen LogP contribution in [0.15, 0.2) is 0 Å². The van der Waals surface area contributed by atoms with Crippen LogP contribution in [0.4, 0.5) is 13.2 Å². The zero-order chi connectivity index (χ0) is 7.49. The number of alkyl halides is 3. The summed E-state index contributed by atoms with van der Waals surface area (Å²) < 4.78 is 36.2. The van der Waals surface area contributed by atoms with E-state index in [1.807, 2.05) is 0 Å². The van der Waals surface area contributed by atoms with Crippen molar-refractivity contribution in [3.8, 4) is 0 Å². The van der Waals surface area contributed by atoms with E-state index in [1.54, 1.807) is 0 Å². The molecule has 0 spiro atoms. The third-order valence-electron chi connectivity index (χ3n) is 0.383. The minimum absolute atomic E-state index is 0. The van der Waals surface area contributed by atoms with Crippen LogP contribution in [0.5, 0.6) is 0 Å². The predicted molar refractivity (Wildman–Crippen MR) is 23.5 cm³/mol. The Morgan fingerprint density at radius 3 is 1.80 bits per heavy atom. The van der Waals surface area contributed by atoms with Crippen molar-refractivity contribution in [1.29, 1.82) is 0 Å². The zero-order valence-electron chi connectivity index (χ0n) is 4.85. The zero-order valence-corrected chi connectivity index (χ0v) is 6.26. The summed E-state index contributed by atoms with van der Waals surface area (Å²) in [6.45, 7) is -1.77. The van der Waals surface area contributed by atoms with Crippen LogP contribution in [0.2, 0.25) is 0 Å². The second kappa shape index (κ2) is 5.19. The van der Waals surface area contributed by atoms with Gasteiger partial charge in [0.05, 0.1) is 7.32 Å². The first-order chi connectivity index (χ1) is 3.92. The van der Waals surface area contributed by atoms with Crippen molar-refractivity contribution in [1.82, 2.24) is 0 Å². The number of rotatable bonds is 2. The molecule has 0 saturated heterocycles. The molecule has 0 amide bonds. The van der Waals surface area contributed by atoms with E-state index in [1.165, 1.54) is 0 Å². The summed E-state index contributed by atoms with van der Waals surface area (Å²) in [6.07, 6.45) is -4.59.